The van der Waals surface area contributed by atoms with Crippen molar-refractivity contribution in [1.29, 1.82) is 0 Å². The van der Waals surface area contributed by atoms with Crippen LogP contribution in [0.15, 0.2) is 89.1 Å². The molecule has 0 aliphatic heterocycles. The number of amides is 2. The van der Waals surface area contributed by atoms with Gasteiger partial charge in [-0.1, -0.05) is 42.5 Å². The number of carbonyl (C=O) groups is 2. The summed E-state index contributed by atoms with van der Waals surface area (Å²) in [5.74, 6) is -1.13. The van der Waals surface area contributed by atoms with Gasteiger partial charge >= 0.3 is 0 Å². The molecule has 0 aliphatic rings. The van der Waals surface area contributed by atoms with Crippen molar-refractivity contribution in [2.45, 2.75) is 0 Å². The Morgan fingerprint density at radius 3 is 2.39 bits per heavy atom. The second kappa shape index (κ2) is 9.19. The number of aromatic hydroxyl groups is 1. The Morgan fingerprint density at radius 2 is 1.67 bits per heavy atom. The van der Waals surface area contributed by atoms with E-state index in [0.29, 0.717) is 33.5 Å². The van der Waals surface area contributed by atoms with Gasteiger partial charge in [0.25, 0.3) is 11.8 Å². The second-order valence-corrected chi connectivity index (χ2v) is 7.11. The van der Waals surface area contributed by atoms with E-state index in [4.69, 9.17) is 10.5 Å². The van der Waals surface area contributed by atoms with Crippen molar-refractivity contribution in [3.05, 3.63) is 90.0 Å². The van der Waals surface area contributed by atoms with Crippen LogP contribution in [-0.2, 0) is 0 Å². The average molecular weight is 440 g/mol. The number of nitrogens with two attached hydrogens (primary N) is 1. The van der Waals surface area contributed by atoms with Gasteiger partial charge in [0.15, 0.2) is 5.75 Å². The van der Waals surface area contributed by atoms with Crippen molar-refractivity contribution in [3.63, 3.8) is 0 Å². The minimum absolute atomic E-state index is 0.0532. The molecule has 0 saturated carbocycles. The Kier molecular flexibility index (Phi) is 5.99. The molecule has 33 heavy (non-hydrogen) atoms. The molecule has 0 unspecified atom stereocenters. The number of ether oxygens (including phenoxy) is 1. The molecule has 0 aliphatic carbocycles. The summed E-state index contributed by atoms with van der Waals surface area (Å²) in [6.45, 7) is 0. The Labute approximate surface area is 189 Å². The molecule has 0 fully saturated rings. The number of rotatable bonds is 6. The van der Waals surface area contributed by atoms with Gasteiger partial charge in [-0.05, 0) is 41.8 Å². The third-order valence-corrected chi connectivity index (χ3v) is 4.99. The van der Waals surface area contributed by atoms with Crippen LogP contribution >= 0.6 is 0 Å². The number of para-hydroxylation sites is 1. The number of nitrogens with one attached hydrogen (secondary N) is 1. The fraction of sp³-hybridized carbons (Fsp3) is 0.0400. The van der Waals surface area contributed by atoms with E-state index in [1.54, 1.807) is 54.6 Å². The molecule has 2 amide bonds. The van der Waals surface area contributed by atoms with E-state index in [2.05, 4.69) is 15.5 Å². The van der Waals surface area contributed by atoms with Crippen LogP contribution in [0.1, 0.15) is 20.7 Å². The topological polar surface area (TPSA) is 126 Å². The van der Waals surface area contributed by atoms with Crippen LogP contribution in [0.5, 0.6) is 11.5 Å². The summed E-state index contributed by atoms with van der Waals surface area (Å²) in [6, 6.07) is 22.4. The second-order valence-electron chi connectivity index (χ2n) is 7.11. The van der Waals surface area contributed by atoms with Crippen molar-refractivity contribution >= 4 is 39.6 Å². The monoisotopic (exact) mass is 440 g/mol. The number of azo groups is 1. The van der Waals surface area contributed by atoms with Gasteiger partial charge < -0.3 is 20.9 Å². The molecule has 8 heteroatoms. The third kappa shape index (κ3) is 4.49. The van der Waals surface area contributed by atoms with Crippen LogP contribution < -0.4 is 15.8 Å². The Bertz CT molecular complexity index is 1380. The van der Waals surface area contributed by atoms with Crippen LogP contribution in [0.3, 0.4) is 0 Å². The summed E-state index contributed by atoms with van der Waals surface area (Å²) in [4.78, 5) is 24.3. The van der Waals surface area contributed by atoms with E-state index < -0.39 is 5.91 Å². The Morgan fingerprint density at radius 1 is 0.939 bits per heavy atom. The minimum Gasteiger partial charge on any atom is -0.505 e. The zero-order valence-electron chi connectivity index (χ0n) is 17.6. The largest absolute Gasteiger partial charge is 0.505 e. The first kappa shape index (κ1) is 21.5. The molecule has 8 nitrogen and oxygen atoms in total. The number of phenols is 1. The molecule has 4 aromatic carbocycles. The highest BCUT2D eigenvalue weighted by atomic mass is 16.5. The van der Waals surface area contributed by atoms with E-state index >= 15 is 0 Å². The highest BCUT2D eigenvalue weighted by Gasteiger charge is 2.17. The lowest BCUT2D eigenvalue weighted by molar-refractivity contribution is 0.0995. The molecule has 0 aromatic heterocycles. The first-order valence-corrected chi connectivity index (χ1v) is 9.98. The van der Waals surface area contributed by atoms with Gasteiger partial charge in [-0.15, -0.1) is 10.2 Å². The maximum Gasteiger partial charge on any atom is 0.255 e. The molecular weight excluding hydrogens is 420 g/mol. The van der Waals surface area contributed by atoms with Gasteiger partial charge in [0.2, 0.25) is 0 Å². The number of carbonyl (C=O) groups excluding carboxylic acids is 2. The normalized spacial score (nSPS) is 10.9. The van der Waals surface area contributed by atoms with Crippen LogP contribution in [-0.4, -0.2) is 24.0 Å². The highest BCUT2D eigenvalue weighted by Crippen LogP contribution is 2.40. The van der Waals surface area contributed by atoms with Gasteiger partial charge in [-0.3, -0.25) is 9.59 Å². The first-order valence-electron chi connectivity index (χ1n) is 9.98. The number of hydrogen-bond donors (Lipinski definition) is 3. The van der Waals surface area contributed by atoms with Crippen molar-refractivity contribution in [3.8, 4) is 11.5 Å². The zero-order valence-corrected chi connectivity index (χ0v) is 17.6. The molecule has 4 aromatic rings. The van der Waals surface area contributed by atoms with E-state index in [1.807, 2.05) is 18.2 Å². The molecular formula is C25H20N4O4. The summed E-state index contributed by atoms with van der Waals surface area (Å²) in [5.41, 5.74) is 6.83. The molecule has 4 N–H and O–H groups in total. The lowest BCUT2D eigenvalue weighted by atomic mass is 10.0. The number of anilines is 1. The predicted molar refractivity (Wildman–Crippen MR) is 126 cm³/mol. The van der Waals surface area contributed by atoms with Gasteiger partial charge in [-0.25, -0.2) is 0 Å². The predicted octanol–water partition coefficient (Wildman–Crippen LogP) is 5.32. The molecule has 4 rings (SSSR count). The van der Waals surface area contributed by atoms with E-state index in [1.165, 1.54) is 13.2 Å². The molecule has 164 valence electrons. The van der Waals surface area contributed by atoms with E-state index in [-0.39, 0.29) is 22.9 Å². The Hall–Kier alpha value is -4.72. The third-order valence-electron chi connectivity index (χ3n) is 4.99. The molecule has 0 atom stereocenters. The fourth-order valence-electron chi connectivity index (χ4n) is 3.34. The quantitative estimate of drug-likeness (QED) is 0.351. The maximum absolute atomic E-state index is 12.6. The fourth-order valence-corrected chi connectivity index (χ4v) is 3.34. The summed E-state index contributed by atoms with van der Waals surface area (Å²) < 4.78 is 5.38. The average Bonchev–Trinajstić information content (AvgIpc) is 2.83. The number of benzene rings is 4. The van der Waals surface area contributed by atoms with Crippen molar-refractivity contribution in [1.82, 2.24) is 0 Å². The standard InChI is InChI=1S/C25H20N4O4/c1-33-21-14-16(25(32)27-17-8-3-2-4-9-17)11-12-20(21)28-29-22-18-10-6-5-7-15(18)13-19(23(22)30)24(26)31/h2-14,30H,1H3,(H2,26,31)(H,27,32)/b29-28+. The number of methoxy groups -OCH3 is 1. The molecule has 0 bridgehead atoms. The van der Waals surface area contributed by atoms with Crippen molar-refractivity contribution < 1.29 is 19.4 Å². The molecule has 0 radical (unpaired) electrons. The molecule has 0 heterocycles. The summed E-state index contributed by atoms with van der Waals surface area (Å²) in [5, 5.41) is 23.0. The van der Waals surface area contributed by atoms with Crippen molar-refractivity contribution in [2.75, 3.05) is 12.4 Å². The Balaban J connectivity index is 1.69. The minimum atomic E-state index is -0.777. The van der Waals surface area contributed by atoms with Crippen LogP contribution in [0.4, 0.5) is 17.1 Å². The number of fused-ring (bicyclic) bond motifs is 1. The van der Waals surface area contributed by atoms with E-state index in [0.717, 1.165) is 0 Å². The summed E-state index contributed by atoms with van der Waals surface area (Å²) >= 11 is 0. The van der Waals surface area contributed by atoms with Crippen LogP contribution in [0.2, 0.25) is 0 Å². The lowest BCUT2D eigenvalue weighted by Gasteiger charge is -2.10. The zero-order chi connectivity index (χ0) is 23.4. The summed E-state index contributed by atoms with van der Waals surface area (Å²) in [7, 11) is 1.45. The van der Waals surface area contributed by atoms with Crippen molar-refractivity contribution in [2.24, 2.45) is 16.0 Å². The smallest absolute Gasteiger partial charge is 0.255 e. The number of nitrogens with zero attached hydrogens (tertiary/aromatic N) is 2. The van der Waals surface area contributed by atoms with Gasteiger partial charge in [0.1, 0.15) is 17.1 Å². The molecule has 0 spiro atoms. The van der Waals surface area contributed by atoms with E-state index in [9.17, 15) is 14.7 Å². The maximum atomic E-state index is 12.6. The van der Waals surface area contributed by atoms with Gasteiger partial charge in [0, 0.05) is 16.6 Å². The summed E-state index contributed by atoms with van der Waals surface area (Å²) in [6.07, 6.45) is 0. The van der Waals surface area contributed by atoms with Crippen LogP contribution in [0, 0.1) is 0 Å². The van der Waals surface area contributed by atoms with Gasteiger partial charge in [0.05, 0.1) is 12.7 Å². The van der Waals surface area contributed by atoms with Crippen LogP contribution in [0.25, 0.3) is 10.8 Å². The number of hydrogen-bond acceptors (Lipinski definition) is 6. The van der Waals surface area contributed by atoms with Gasteiger partial charge in [-0.2, -0.15) is 0 Å². The SMILES string of the molecule is COc1cc(C(=O)Nc2ccccc2)ccc1/N=N/c1c(O)c(C(N)=O)cc2ccccc12. The highest BCUT2D eigenvalue weighted by molar-refractivity contribution is 6.06. The molecule has 0 saturated heterocycles. The first-order chi connectivity index (χ1) is 16.0. The number of primary amides is 1. The lowest BCUT2D eigenvalue weighted by Crippen LogP contribution is -2.11.